The van der Waals surface area contributed by atoms with E-state index >= 15 is 0 Å². The van der Waals surface area contributed by atoms with Gasteiger partial charge in [0.1, 0.15) is 17.4 Å². The minimum absolute atomic E-state index is 0.0822. The van der Waals surface area contributed by atoms with E-state index in [1.807, 2.05) is 13.8 Å². The molecule has 0 spiro atoms. The molecule has 150 valence electrons. The first-order valence-corrected chi connectivity index (χ1v) is 12.4. The van der Waals surface area contributed by atoms with E-state index in [2.05, 4.69) is 25.9 Å². The lowest BCUT2D eigenvalue weighted by Gasteiger charge is -2.33. The summed E-state index contributed by atoms with van der Waals surface area (Å²) in [6, 6.07) is 6.90. The van der Waals surface area contributed by atoms with Crippen LogP contribution < -0.4 is 0 Å². The van der Waals surface area contributed by atoms with Crippen LogP contribution in [-0.2, 0) is 10.8 Å². The summed E-state index contributed by atoms with van der Waals surface area (Å²) in [7, 11) is -1.82. The second-order valence-corrected chi connectivity index (χ2v) is 12.0. The van der Waals surface area contributed by atoms with Gasteiger partial charge in [-0.05, 0) is 68.9 Å². The second-order valence-electron chi connectivity index (χ2n) is 7.26. The molecule has 0 aliphatic carbocycles. The van der Waals surface area contributed by atoms with Crippen LogP contribution in [0.15, 0.2) is 22.7 Å². The molecule has 1 heterocycles. The third-order valence-electron chi connectivity index (χ3n) is 5.59. The summed E-state index contributed by atoms with van der Waals surface area (Å²) < 4.78 is 39.0. The van der Waals surface area contributed by atoms with Crippen LogP contribution in [0.5, 0.6) is 0 Å². The number of rotatable bonds is 10. The fraction of sp³-hybridized carbons (Fsp3) is 0.571. The standard InChI is InChI=1S/C21H31F2NO2Si/c1-6-27(7-2,8-3)26-20(21-15(4)24-25-16(21)5)11-9-10-17-12-18(22)14-19(23)13-17/h12-14,20H,6-11H2,1-5H3. The molecule has 0 amide bonds. The highest BCUT2D eigenvalue weighted by Crippen LogP contribution is 2.35. The Labute approximate surface area is 162 Å². The number of aromatic nitrogens is 1. The fourth-order valence-electron chi connectivity index (χ4n) is 3.76. The Hall–Kier alpha value is -1.53. The van der Waals surface area contributed by atoms with E-state index in [9.17, 15) is 8.78 Å². The van der Waals surface area contributed by atoms with Crippen molar-refractivity contribution in [3.8, 4) is 0 Å². The molecule has 0 saturated carbocycles. The van der Waals surface area contributed by atoms with Gasteiger partial charge in [0.2, 0.25) is 0 Å². The predicted octanol–water partition coefficient (Wildman–Crippen LogP) is 6.66. The molecule has 27 heavy (non-hydrogen) atoms. The quantitative estimate of drug-likeness (QED) is 0.422. The summed E-state index contributed by atoms with van der Waals surface area (Å²) >= 11 is 0. The lowest BCUT2D eigenvalue weighted by atomic mass is 10.00. The van der Waals surface area contributed by atoms with Crippen LogP contribution >= 0.6 is 0 Å². The first-order chi connectivity index (χ1) is 12.8. The molecule has 1 aromatic heterocycles. The van der Waals surface area contributed by atoms with E-state index in [0.29, 0.717) is 12.0 Å². The molecule has 0 saturated heterocycles. The number of benzene rings is 1. The zero-order chi connectivity index (χ0) is 20.0. The molecule has 0 bridgehead atoms. The molecule has 2 aromatic rings. The Kier molecular flexibility index (Phi) is 7.74. The number of halogens is 2. The number of nitrogens with zero attached hydrogens (tertiary/aromatic N) is 1. The van der Waals surface area contributed by atoms with Crippen molar-refractivity contribution in [2.45, 2.75) is 78.1 Å². The lowest BCUT2D eigenvalue weighted by molar-refractivity contribution is 0.174. The van der Waals surface area contributed by atoms with E-state index in [1.165, 1.54) is 12.1 Å². The van der Waals surface area contributed by atoms with Gasteiger partial charge in [-0.15, -0.1) is 0 Å². The average molecular weight is 396 g/mol. The molecule has 1 unspecified atom stereocenters. The van der Waals surface area contributed by atoms with Crippen LogP contribution in [0, 0.1) is 25.5 Å². The van der Waals surface area contributed by atoms with Gasteiger partial charge in [0, 0.05) is 11.6 Å². The molecule has 0 N–H and O–H groups in total. The van der Waals surface area contributed by atoms with E-state index in [4.69, 9.17) is 8.95 Å². The van der Waals surface area contributed by atoms with E-state index < -0.39 is 20.0 Å². The van der Waals surface area contributed by atoms with Crippen molar-refractivity contribution in [2.75, 3.05) is 0 Å². The summed E-state index contributed by atoms with van der Waals surface area (Å²) in [5, 5.41) is 4.10. The predicted molar refractivity (Wildman–Crippen MR) is 106 cm³/mol. The highest BCUT2D eigenvalue weighted by Gasteiger charge is 2.34. The van der Waals surface area contributed by atoms with Crippen molar-refractivity contribution in [3.05, 3.63) is 52.4 Å². The fourth-order valence-corrected chi connectivity index (χ4v) is 6.60. The summed E-state index contributed by atoms with van der Waals surface area (Å²) in [6.45, 7) is 10.5. The molecule has 1 aromatic carbocycles. The maximum absolute atomic E-state index is 13.4. The Balaban J connectivity index is 2.17. The third kappa shape index (κ3) is 5.48. The Morgan fingerprint density at radius 2 is 1.63 bits per heavy atom. The highest BCUT2D eigenvalue weighted by atomic mass is 28.4. The topological polar surface area (TPSA) is 35.3 Å². The van der Waals surface area contributed by atoms with E-state index in [-0.39, 0.29) is 6.10 Å². The number of hydrogen-bond donors (Lipinski definition) is 0. The van der Waals surface area contributed by atoms with Crippen molar-refractivity contribution < 1.29 is 17.7 Å². The summed E-state index contributed by atoms with van der Waals surface area (Å²) in [6.07, 6.45) is 2.08. The maximum Gasteiger partial charge on any atom is 0.192 e. The second kappa shape index (κ2) is 9.60. The first kappa shape index (κ1) is 21.8. The van der Waals surface area contributed by atoms with Crippen LogP contribution in [0.4, 0.5) is 8.78 Å². The van der Waals surface area contributed by atoms with E-state index in [1.54, 1.807) is 0 Å². The molecular weight excluding hydrogens is 364 g/mol. The van der Waals surface area contributed by atoms with Gasteiger partial charge in [-0.25, -0.2) is 8.78 Å². The molecule has 0 aliphatic rings. The summed E-state index contributed by atoms with van der Waals surface area (Å²) in [5.41, 5.74) is 2.57. The molecule has 2 rings (SSSR count). The van der Waals surface area contributed by atoms with Gasteiger partial charge < -0.3 is 8.95 Å². The minimum atomic E-state index is -1.82. The lowest BCUT2D eigenvalue weighted by Crippen LogP contribution is -2.37. The van der Waals surface area contributed by atoms with Crippen LogP contribution in [0.2, 0.25) is 18.1 Å². The van der Waals surface area contributed by atoms with Crippen molar-refractivity contribution in [3.63, 3.8) is 0 Å². The van der Waals surface area contributed by atoms with Crippen LogP contribution in [0.3, 0.4) is 0 Å². The highest BCUT2D eigenvalue weighted by molar-refractivity contribution is 6.73. The smallest absolute Gasteiger partial charge is 0.192 e. The van der Waals surface area contributed by atoms with Gasteiger partial charge in [-0.3, -0.25) is 0 Å². The van der Waals surface area contributed by atoms with Crippen LogP contribution in [0.1, 0.15) is 62.3 Å². The molecule has 0 radical (unpaired) electrons. The Morgan fingerprint density at radius 1 is 1.04 bits per heavy atom. The van der Waals surface area contributed by atoms with Crippen LogP contribution in [-0.4, -0.2) is 13.5 Å². The van der Waals surface area contributed by atoms with Crippen molar-refractivity contribution in [2.24, 2.45) is 0 Å². The van der Waals surface area contributed by atoms with Crippen molar-refractivity contribution in [1.29, 1.82) is 0 Å². The summed E-state index contributed by atoms with van der Waals surface area (Å²) in [4.78, 5) is 0. The molecular formula is C21H31F2NO2Si. The van der Waals surface area contributed by atoms with Gasteiger partial charge in [0.05, 0.1) is 11.8 Å². The van der Waals surface area contributed by atoms with Gasteiger partial charge >= 0.3 is 0 Å². The van der Waals surface area contributed by atoms with Crippen LogP contribution in [0.25, 0.3) is 0 Å². The monoisotopic (exact) mass is 395 g/mol. The van der Waals surface area contributed by atoms with E-state index in [0.717, 1.165) is 54.1 Å². The normalized spacial score (nSPS) is 13.1. The Bertz CT molecular complexity index is 696. The number of aryl methyl sites for hydroxylation is 3. The molecule has 0 fully saturated rings. The molecule has 6 heteroatoms. The molecule has 3 nitrogen and oxygen atoms in total. The van der Waals surface area contributed by atoms with Gasteiger partial charge in [0.25, 0.3) is 0 Å². The molecule has 0 aliphatic heterocycles. The zero-order valence-corrected chi connectivity index (χ0v) is 18.1. The largest absolute Gasteiger partial charge is 0.410 e. The van der Waals surface area contributed by atoms with Crippen molar-refractivity contribution >= 4 is 8.32 Å². The first-order valence-electron chi connectivity index (χ1n) is 9.89. The molecule has 1 atom stereocenters. The number of hydrogen-bond acceptors (Lipinski definition) is 3. The SMILES string of the molecule is CC[Si](CC)(CC)OC(CCCc1cc(F)cc(F)c1)c1c(C)noc1C. The minimum Gasteiger partial charge on any atom is -0.410 e. The van der Waals surface area contributed by atoms with Gasteiger partial charge in [-0.2, -0.15) is 0 Å². The maximum atomic E-state index is 13.4. The average Bonchev–Trinajstić information content (AvgIpc) is 2.96. The summed E-state index contributed by atoms with van der Waals surface area (Å²) in [5.74, 6) is -0.267. The zero-order valence-electron chi connectivity index (χ0n) is 17.1. The van der Waals surface area contributed by atoms with Gasteiger partial charge in [-0.1, -0.05) is 25.9 Å². The van der Waals surface area contributed by atoms with Gasteiger partial charge in [0.15, 0.2) is 8.32 Å². The third-order valence-corrected chi connectivity index (χ3v) is 10.2. The van der Waals surface area contributed by atoms with Crippen molar-refractivity contribution in [1.82, 2.24) is 5.16 Å². The Morgan fingerprint density at radius 3 is 2.11 bits per heavy atom.